The molecule has 1 saturated heterocycles. The van der Waals surface area contributed by atoms with E-state index in [9.17, 15) is 18.0 Å². The van der Waals surface area contributed by atoms with Crippen molar-refractivity contribution in [2.75, 3.05) is 18.1 Å². The molecule has 0 bridgehead atoms. The predicted octanol–water partition coefficient (Wildman–Crippen LogP) is 3.93. The minimum atomic E-state index is -3.12. The molecule has 4 unspecified atom stereocenters. The van der Waals surface area contributed by atoms with Crippen molar-refractivity contribution in [3.8, 4) is 0 Å². The summed E-state index contributed by atoms with van der Waals surface area (Å²) < 4.78 is 30.6. The lowest BCUT2D eigenvalue weighted by molar-refractivity contribution is -0.158. The van der Waals surface area contributed by atoms with Gasteiger partial charge in [0.05, 0.1) is 32.6 Å². The van der Waals surface area contributed by atoms with Crippen LogP contribution in [0.4, 0.5) is 0 Å². The number of hydrogen-bond donors (Lipinski definition) is 0. The largest absolute Gasteiger partial charge is 0.455 e. The van der Waals surface area contributed by atoms with Crippen LogP contribution in [0.5, 0.6) is 0 Å². The minimum Gasteiger partial charge on any atom is -0.455 e. The van der Waals surface area contributed by atoms with Gasteiger partial charge in [-0.3, -0.25) is 9.59 Å². The number of aromatic nitrogens is 1. The molecule has 180 valence electrons. The molecule has 1 amide bonds. The van der Waals surface area contributed by atoms with Crippen LogP contribution < -0.4 is 0 Å². The van der Waals surface area contributed by atoms with Crippen LogP contribution >= 0.6 is 11.3 Å². The van der Waals surface area contributed by atoms with Crippen LogP contribution in [-0.2, 0) is 24.2 Å². The Morgan fingerprint density at radius 1 is 1.21 bits per heavy atom. The number of carbonyl (C=O) groups is 2. The third kappa shape index (κ3) is 5.40. The van der Waals surface area contributed by atoms with Crippen LogP contribution in [0.1, 0.15) is 63.3 Å². The second-order valence-electron chi connectivity index (χ2n) is 9.24. The fraction of sp³-hybridized carbons (Fsp3) is 0.625. The van der Waals surface area contributed by atoms with Gasteiger partial charge in [-0.15, -0.1) is 11.3 Å². The lowest BCUT2D eigenvalue weighted by Gasteiger charge is -2.34. The van der Waals surface area contributed by atoms with Crippen LogP contribution in [0.2, 0.25) is 0 Å². The summed E-state index contributed by atoms with van der Waals surface area (Å²) in [6.45, 7) is 3.53. The van der Waals surface area contributed by atoms with E-state index in [1.165, 1.54) is 0 Å². The normalized spacial score (nSPS) is 25.6. The molecule has 33 heavy (non-hydrogen) atoms. The number of fused-ring (bicyclic) bond motifs is 1. The second kappa shape index (κ2) is 10.1. The van der Waals surface area contributed by atoms with Crippen molar-refractivity contribution >= 4 is 43.3 Å². The third-order valence-electron chi connectivity index (χ3n) is 6.99. The Labute approximate surface area is 199 Å². The molecule has 9 heteroatoms. The monoisotopic (exact) mass is 492 g/mol. The van der Waals surface area contributed by atoms with Crippen molar-refractivity contribution in [1.82, 2.24) is 9.88 Å². The molecule has 1 aliphatic carbocycles. The van der Waals surface area contributed by atoms with E-state index in [-0.39, 0.29) is 53.9 Å². The number of esters is 1. The Kier molecular flexibility index (Phi) is 7.38. The number of sulfone groups is 1. The van der Waals surface area contributed by atoms with Gasteiger partial charge in [0.25, 0.3) is 5.91 Å². The standard InChI is InChI=1S/C24H32N2O5S2/c1-3-16(2)26(17-12-13-33(29,30)15-17)22(27)14-31-24(28)19-9-5-4-8-18(19)23-25-20-10-6-7-11-21(20)32-23/h6-7,10-11,16-19H,3-5,8-9,12-15H2,1-2H3. The van der Waals surface area contributed by atoms with Crippen LogP contribution in [0.25, 0.3) is 10.2 Å². The molecule has 1 aromatic heterocycles. The summed E-state index contributed by atoms with van der Waals surface area (Å²) in [4.78, 5) is 32.5. The molecule has 0 radical (unpaired) electrons. The molecule has 4 atom stereocenters. The Hall–Kier alpha value is -2.00. The molecule has 2 aliphatic rings. The maximum absolute atomic E-state index is 13.1. The van der Waals surface area contributed by atoms with Gasteiger partial charge in [-0.05, 0) is 44.7 Å². The predicted molar refractivity (Wildman–Crippen MR) is 129 cm³/mol. The smallest absolute Gasteiger partial charge is 0.310 e. The quantitative estimate of drug-likeness (QED) is 0.544. The maximum atomic E-state index is 13.1. The van der Waals surface area contributed by atoms with Crippen LogP contribution in [0.3, 0.4) is 0 Å². The Morgan fingerprint density at radius 3 is 2.67 bits per heavy atom. The van der Waals surface area contributed by atoms with Crippen molar-refractivity contribution in [3.05, 3.63) is 29.3 Å². The van der Waals surface area contributed by atoms with Crippen LogP contribution in [0, 0.1) is 5.92 Å². The van der Waals surface area contributed by atoms with E-state index in [1.54, 1.807) is 16.2 Å². The van der Waals surface area contributed by atoms with E-state index in [4.69, 9.17) is 9.72 Å². The number of thiazole rings is 1. The van der Waals surface area contributed by atoms with Gasteiger partial charge in [0, 0.05) is 18.0 Å². The first kappa shape index (κ1) is 24.1. The summed E-state index contributed by atoms with van der Waals surface area (Å²) in [5.41, 5.74) is 0.945. The first-order valence-corrected chi connectivity index (χ1v) is 14.5. The summed E-state index contributed by atoms with van der Waals surface area (Å²) in [6, 6.07) is 7.51. The fourth-order valence-corrected chi connectivity index (χ4v) is 7.95. The Bertz CT molecular complexity index is 1080. The summed E-state index contributed by atoms with van der Waals surface area (Å²) >= 11 is 1.63. The molecule has 2 fully saturated rings. The van der Waals surface area contributed by atoms with Crippen molar-refractivity contribution in [2.45, 2.75) is 70.4 Å². The van der Waals surface area contributed by atoms with Gasteiger partial charge in [-0.1, -0.05) is 31.9 Å². The topological polar surface area (TPSA) is 93.6 Å². The van der Waals surface area contributed by atoms with E-state index in [0.29, 0.717) is 12.8 Å². The first-order valence-electron chi connectivity index (χ1n) is 11.8. The zero-order valence-electron chi connectivity index (χ0n) is 19.2. The number of ether oxygens (including phenoxy) is 1. The third-order valence-corrected chi connectivity index (χ3v) is 9.91. The number of rotatable bonds is 7. The number of amides is 1. The average Bonchev–Trinajstić information content (AvgIpc) is 3.40. The number of benzene rings is 1. The second-order valence-corrected chi connectivity index (χ2v) is 12.5. The molecule has 1 saturated carbocycles. The van der Waals surface area contributed by atoms with Gasteiger partial charge in [0.2, 0.25) is 0 Å². The van der Waals surface area contributed by atoms with Gasteiger partial charge in [-0.25, -0.2) is 13.4 Å². The molecule has 4 rings (SSSR count). The first-order chi connectivity index (χ1) is 15.8. The lowest BCUT2D eigenvalue weighted by Crippen LogP contribution is -2.48. The van der Waals surface area contributed by atoms with Crippen molar-refractivity contribution in [1.29, 1.82) is 0 Å². The molecule has 7 nitrogen and oxygen atoms in total. The summed E-state index contributed by atoms with van der Waals surface area (Å²) in [6.07, 6.45) is 4.75. The molecule has 1 aromatic carbocycles. The zero-order chi connectivity index (χ0) is 23.6. The van der Waals surface area contributed by atoms with Gasteiger partial charge < -0.3 is 9.64 Å². The summed E-state index contributed by atoms with van der Waals surface area (Å²) in [7, 11) is -3.12. The number of para-hydroxylation sites is 1. The summed E-state index contributed by atoms with van der Waals surface area (Å²) in [5.74, 6) is -0.883. The molecular weight excluding hydrogens is 460 g/mol. The van der Waals surface area contributed by atoms with Crippen molar-refractivity contribution in [3.63, 3.8) is 0 Å². The average molecular weight is 493 g/mol. The van der Waals surface area contributed by atoms with Crippen molar-refractivity contribution in [2.24, 2.45) is 5.92 Å². The van der Waals surface area contributed by atoms with E-state index in [2.05, 4.69) is 0 Å². The highest BCUT2D eigenvalue weighted by Crippen LogP contribution is 2.41. The SMILES string of the molecule is CCC(C)N(C(=O)COC(=O)C1CCCCC1c1nc2ccccc2s1)C1CCS(=O)(=O)C1. The van der Waals surface area contributed by atoms with E-state index in [0.717, 1.165) is 40.9 Å². The van der Waals surface area contributed by atoms with Gasteiger partial charge in [0.1, 0.15) is 0 Å². The van der Waals surface area contributed by atoms with E-state index in [1.807, 2.05) is 38.1 Å². The van der Waals surface area contributed by atoms with Crippen molar-refractivity contribution < 1.29 is 22.7 Å². The maximum Gasteiger partial charge on any atom is 0.310 e. The number of carbonyl (C=O) groups excluding carboxylic acids is 2. The van der Waals surface area contributed by atoms with Gasteiger partial charge >= 0.3 is 5.97 Å². The number of hydrogen-bond acceptors (Lipinski definition) is 7. The minimum absolute atomic E-state index is 0.00407. The van der Waals surface area contributed by atoms with Gasteiger partial charge in [-0.2, -0.15) is 0 Å². The molecular formula is C24H32N2O5S2. The van der Waals surface area contributed by atoms with Crippen LogP contribution in [0.15, 0.2) is 24.3 Å². The molecule has 1 aliphatic heterocycles. The molecule has 2 heterocycles. The lowest BCUT2D eigenvalue weighted by atomic mass is 9.79. The number of nitrogens with zero attached hydrogens (tertiary/aromatic N) is 2. The highest BCUT2D eigenvalue weighted by Gasteiger charge is 2.38. The zero-order valence-corrected chi connectivity index (χ0v) is 20.9. The highest BCUT2D eigenvalue weighted by atomic mass is 32.2. The Balaban J connectivity index is 1.44. The summed E-state index contributed by atoms with van der Waals surface area (Å²) in [5, 5.41) is 0.960. The fourth-order valence-electron chi connectivity index (χ4n) is 5.07. The molecule has 0 spiro atoms. The molecule has 2 aromatic rings. The Morgan fingerprint density at radius 2 is 1.97 bits per heavy atom. The van der Waals surface area contributed by atoms with Crippen LogP contribution in [-0.4, -0.2) is 60.4 Å². The highest BCUT2D eigenvalue weighted by molar-refractivity contribution is 7.91. The van der Waals surface area contributed by atoms with E-state index >= 15 is 0 Å². The van der Waals surface area contributed by atoms with Gasteiger partial charge in [0.15, 0.2) is 16.4 Å². The van der Waals surface area contributed by atoms with E-state index < -0.39 is 9.84 Å². The molecule has 0 N–H and O–H groups in total.